The van der Waals surface area contributed by atoms with Crippen molar-refractivity contribution in [3.8, 4) is 0 Å². The second kappa shape index (κ2) is 11.5. The maximum absolute atomic E-state index is 13.0. The molecule has 180 valence electrons. The Labute approximate surface area is 186 Å². The molecule has 0 saturated heterocycles. The van der Waals surface area contributed by atoms with E-state index in [1.54, 1.807) is 62.3 Å². The molecule has 0 aromatic heterocycles. The van der Waals surface area contributed by atoms with E-state index in [1.165, 1.54) is 7.11 Å². The van der Waals surface area contributed by atoms with E-state index in [9.17, 15) is 19.2 Å². The number of methoxy groups -OCH3 is 1. The van der Waals surface area contributed by atoms with Crippen molar-refractivity contribution in [1.29, 1.82) is 0 Å². The molecule has 0 N–H and O–H groups in total. The highest BCUT2D eigenvalue weighted by Crippen LogP contribution is 2.29. The first-order valence-electron chi connectivity index (χ1n) is 10.6. The van der Waals surface area contributed by atoms with Gasteiger partial charge in [-0.05, 0) is 75.2 Å². The molecule has 0 aliphatic carbocycles. The molecule has 2 atom stereocenters. The Morgan fingerprint density at radius 2 is 0.903 bits per heavy atom. The van der Waals surface area contributed by atoms with Crippen LogP contribution in [-0.2, 0) is 38.1 Å². The Bertz CT molecular complexity index is 631. The number of esters is 4. The molecule has 8 heteroatoms. The number of hydrogen-bond acceptors (Lipinski definition) is 8. The van der Waals surface area contributed by atoms with Crippen molar-refractivity contribution in [2.45, 2.75) is 105 Å². The molecule has 0 rings (SSSR count). The molecule has 8 nitrogen and oxygen atoms in total. The Morgan fingerprint density at radius 3 is 1.19 bits per heavy atom. The molecule has 0 unspecified atom stereocenters. The molecular weight excluding hydrogens is 404 g/mol. The third-order valence-electron chi connectivity index (χ3n) is 3.87. The fourth-order valence-corrected chi connectivity index (χ4v) is 2.76. The van der Waals surface area contributed by atoms with E-state index in [1.807, 2.05) is 0 Å². The van der Waals surface area contributed by atoms with Crippen LogP contribution in [0.2, 0.25) is 0 Å². The van der Waals surface area contributed by atoms with Crippen LogP contribution in [0.4, 0.5) is 0 Å². The molecule has 0 spiro atoms. The molecule has 0 radical (unpaired) electrons. The summed E-state index contributed by atoms with van der Waals surface area (Å²) in [5.74, 6) is -4.21. The van der Waals surface area contributed by atoms with Crippen LogP contribution in [0.5, 0.6) is 0 Å². The monoisotopic (exact) mass is 444 g/mol. The first-order valence-corrected chi connectivity index (χ1v) is 10.6. The number of rotatable bonds is 9. The van der Waals surface area contributed by atoms with E-state index in [0.717, 1.165) is 0 Å². The summed E-state index contributed by atoms with van der Waals surface area (Å²) in [5, 5.41) is 0. The van der Waals surface area contributed by atoms with E-state index < -0.39 is 52.5 Å². The van der Waals surface area contributed by atoms with Crippen molar-refractivity contribution in [3.05, 3.63) is 0 Å². The standard InChI is InChI=1S/C23H40O8/c1-21(2,3)29-18(25)14-12-16(20(27)31-23(7,8)9)15(11-13-17(24)28-10)19(26)30-22(4,5)6/h15-16H,11-14H2,1-10H3/t15-,16+/m0/s1. The van der Waals surface area contributed by atoms with Crippen molar-refractivity contribution in [1.82, 2.24) is 0 Å². The fraction of sp³-hybridized carbons (Fsp3) is 0.826. The Morgan fingerprint density at radius 1 is 0.581 bits per heavy atom. The minimum absolute atomic E-state index is 0.0227. The van der Waals surface area contributed by atoms with E-state index >= 15 is 0 Å². The van der Waals surface area contributed by atoms with Crippen molar-refractivity contribution in [3.63, 3.8) is 0 Å². The van der Waals surface area contributed by atoms with Crippen LogP contribution >= 0.6 is 0 Å². The minimum atomic E-state index is -0.980. The summed E-state index contributed by atoms with van der Waals surface area (Å²) >= 11 is 0. The summed E-state index contributed by atoms with van der Waals surface area (Å²) < 4.78 is 21.0. The highest BCUT2D eigenvalue weighted by Gasteiger charge is 2.39. The number of ether oxygens (including phenoxy) is 4. The van der Waals surface area contributed by atoms with Crippen LogP contribution in [0, 0.1) is 11.8 Å². The van der Waals surface area contributed by atoms with Gasteiger partial charge in [-0.3, -0.25) is 19.2 Å². The lowest BCUT2D eigenvalue weighted by molar-refractivity contribution is -0.175. The molecule has 0 aliphatic heterocycles. The summed E-state index contributed by atoms with van der Waals surface area (Å²) in [6, 6.07) is 0. The van der Waals surface area contributed by atoms with Gasteiger partial charge in [-0.2, -0.15) is 0 Å². The van der Waals surface area contributed by atoms with Gasteiger partial charge in [-0.1, -0.05) is 0 Å². The fourth-order valence-electron chi connectivity index (χ4n) is 2.76. The van der Waals surface area contributed by atoms with Gasteiger partial charge in [0.2, 0.25) is 0 Å². The van der Waals surface area contributed by atoms with E-state index in [-0.39, 0.29) is 25.7 Å². The van der Waals surface area contributed by atoms with Crippen LogP contribution < -0.4 is 0 Å². The molecule has 0 saturated carbocycles. The summed E-state index contributed by atoms with van der Waals surface area (Å²) in [7, 11) is 1.25. The zero-order valence-corrected chi connectivity index (χ0v) is 20.7. The van der Waals surface area contributed by atoms with E-state index in [2.05, 4.69) is 4.74 Å². The topological polar surface area (TPSA) is 105 Å². The van der Waals surface area contributed by atoms with E-state index in [4.69, 9.17) is 14.2 Å². The smallest absolute Gasteiger partial charge is 0.310 e. The van der Waals surface area contributed by atoms with Crippen LogP contribution in [0.3, 0.4) is 0 Å². The van der Waals surface area contributed by atoms with Gasteiger partial charge in [-0.25, -0.2) is 0 Å². The molecule has 0 aliphatic rings. The van der Waals surface area contributed by atoms with Crippen LogP contribution in [0.25, 0.3) is 0 Å². The van der Waals surface area contributed by atoms with Crippen molar-refractivity contribution in [2.24, 2.45) is 11.8 Å². The van der Waals surface area contributed by atoms with Gasteiger partial charge in [-0.15, -0.1) is 0 Å². The van der Waals surface area contributed by atoms with Crippen molar-refractivity contribution >= 4 is 23.9 Å². The average Bonchev–Trinajstić information content (AvgIpc) is 2.52. The maximum Gasteiger partial charge on any atom is 0.310 e. The molecule has 0 aromatic rings. The van der Waals surface area contributed by atoms with Gasteiger partial charge >= 0.3 is 23.9 Å². The number of hydrogen-bond donors (Lipinski definition) is 0. The quantitative estimate of drug-likeness (QED) is 0.388. The van der Waals surface area contributed by atoms with Crippen LogP contribution in [0.1, 0.15) is 88.0 Å². The lowest BCUT2D eigenvalue weighted by Gasteiger charge is -2.30. The summed E-state index contributed by atoms with van der Waals surface area (Å²) in [6.45, 7) is 15.5. The van der Waals surface area contributed by atoms with Gasteiger partial charge in [0.1, 0.15) is 16.8 Å². The first-order chi connectivity index (χ1) is 13.8. The Kier molecular flexibility index (Phi) is 10.7. The summed E-state index contributed by atoms with van der Waals surface area (Å²) in [4.78, 5) is 49.9. The van der Waals surface area contributed by atoms with Gasteiger partial charge < -0.3 is 18.9 Å². The molecule has 0 amide bonds. The molecule has 0 bridgehead atoms. The zero-order chi connectivity index (χ0) is 24.6. The lowest BCUT2D eigenvalue weighted by atomic mass is 9.84. The summed E-state index contributed by atoms with van der Waals surface area (Å²) in [5.41, 5.74) is -2.25. The second-order valence-corrected chi connectivity index (χ2v) is 10.5. The molecule has 0 heterocycles. The molecule has 0 fully saturated rings. The third-order valence-corrected chi connectivity index (χ3v) is 3.87. The highest BCUT2D eigenvalue weighted by molar-refractivity contribution is 5.83. The Hall–Kier alpha value is -2.12. The lowest BCUT2D eigenvalue weighted by Crippen LogP contribution is -2.39. The SMILES string of the molecule is COC(=O)CC[C@H](C(=O)OC(C)(C)C)[C@@H](CCC(=O)OC(C)(C)C)C(=O)OC(C)(C)C. The normalized spacial score (nSPS) is 14.3. The maximum atomic E-state index is 13.0. The predicted molar refractivity (Wildman–Crippen MR) is 115 cm³/mol. The van der Waals surface area contributed by atoms with E-state index in [0.29, 0.717) is 0 Å². The Balaban J connectivity index is 5.81. The minimum Gasteiger partial charge on any atom is -0.469 e. The number of carbonyl (C=O) groups is 4. The summed E-state index contributed by atoms with van der Waals surface area (Å²) in [6.07, 6.45) is -0.112. The van der Waals surface area contributed by atoms with Crippen molar-refractivity contribution < 1.29 is 38.1 Å². The molecule has 31 heavy (non-hydrogen) atoms. The van der Waals surface area contributed by atoms with Gasteiger partial charge in [0.05, 0.1) is 18.9 Å². The molecule has 0 aromatic carbocycles. The van der Waals surface area contributed by atoms with Gasteiger partial charge in [0.15, 0.2) is 0 Å². The number of carbonyl (C=O) groups excluding carboxylic acids is 4. The molecular formula is C23H40O8. The first kappa shape index (κ1) is 28.9. The highest BCUT2D eigenvalue weighted by atomic mass is 16.6. The van der Waals surface area contributed by atoms with Crippen LogP contribution in [-0.4, -0.2) is 47.8 Å². The van der Waals surface area contributed by atoms with Gasteiger partial charge in [0.25, 0.3) is 0 Å². The zero-order valence-electron chi connectivity index (χ0n) is 20.7. The van der Waals surface area contributed by atoms with Crippen molar-refractivity contribution in [2.75, 3.05) is 7.11 Å². The van der Waals surface area contributed by atoms with Crippen LogP contribution in [0.15, 0.2) is 0 Å². The second-order valence-electron chi connectivity index (χ2n) is 10.5. The third kappa shape index (κ3) is 13.7. The largest absolute Gasteiger partial charge is 0.469 e. The predicted octanol–water partition coefficient (Wildman–Crippen LogP) is 3.98. The average molecular weight is 445 g/mol. The van der Waals surface area contributed by atoms with Gasteiger partial charge in [0, 0.05) is 12.8 Å².